The minimum absolute atomic E-state index is 0. The maximum Gasteiger partial charge on any atom is 0.414 e. The molecule has 25 heavy (non-hydrogen) atoms. The second kappa shape index (κ2) is 8.18. The zero-order valence-corrected chi connectivity index (χ0v) is 14.4. The molecule has 1 atom stereocenters. The van der Waals surface area contributed by atoms with Crippen LogP contribution in [0.3, 0.4) is 0 Å². The minimum Gasteiger partial charge on any atom is -0.488 e. The third kappa shape index (κ3) is 4.52. The van der Waals surface area contributed by atoms with Crippen molar-refractivity contribution in [1.82, 2.24) is 5.32 Å². The third-order valence-corrected chi connectivity index (χ3v) is 4.34. The van der Waals surface area contributed by atoms with E-state index in [0.717, 1.165) is 0 Å². The number of anilines is 1. The predicted octanol–water partition coefficient (Wildman–Crippen LogP) is 1.06. The van der Waals surface area contributed by atoms with Crippen molar-refractivity contribution in [2.45, 2.75) is 24.5 Å². The quantitative estimate of drug-likeness (QED) is 0.711. The summed E-state index contributed by atoms with van der Waals surface area (Å²) in [6.45, 7) is 1.30. The van der Waals surface area contributed by atoms with Crippen molar-refractivity contribution in [2.24, 2.45) is 0 Å². The van der Waals surface area contributed by atoms with Crippen molar-refractivity contribution in [3.63, 3.8) is 0 Å². The van der Waals surface area contributed by atoms with E-state index in [-0.39, 0.29) is 37.9 Å². The van der Waals surface area contributed by atoms with Gasteiger partial charge in [0.2, 0.25) is 0 Å². The van der Waals surface area contributed by atoms with Crippen LogP contribution in [-0.4, -0.2) is 60.9 Å². The average Bonchev–Trinajstić information content (AvgIpc) is 2.95. The van der Waals surface area contributed by atoms with Gasteiger partial charge in [0.1, 0.15) is 18.3 Å². The molecular formula is C16H22ClFN2O5. The molecule has 140 valence electrons. The molecule has 0 aromatic heterocycles. The van der Waals surface area contributed by atoms with Gasteiger partial charge in [-0.15, -0.1) is 12.4 Å². The normalized spacial score (nSPS) is 22.3. The molecule has 0 bridgehead atoms. The first-order valence-electron chi connectivity index (χ1n) is 7.95. The van der Waals surface area contributed by atoms with Gasteiger partial charge in [-0.25, -0.2) is 9.18 Å². The number of cyclic esters (lactones) is 1. The van der Waals surface area contributed by atoms with Crippen molar-refractivity contribution >= 4 is 24.2 Å². The highest BCUT2D eigenvalue weighted by atomic mass is 35.5. The highest BCUT2D eigenvalue weighted by Gasteiger charge is 2.33. The largest absolute Gasteiger partial charge is 0.488 e. The first kappa shape index (κ1) is 19.7. The molecule has 2 fully saturated rings. The van der Waals surface area contributed by atoms with Crippen LogP contribution in [0.5, 0.6) is 5.75 Å². The Kier molecular flexibility index (Phi) is 6.45. The smallest absolute Gasteiger partial charge is 0.414 e. The number of hydrogen-bond acceptors (Lipinski definition) is 6. The van der Waals surface area contributed by atoms with E-state index in [0.29, 0.717) is 31.6 Å². The molecular weight excluding hydrogens is 355 g/mol. The number of aliphatic hydroxyl groups is 2. The van der Waals surface area contributed by atoms with Crippen LogP contribution in [0, 0.1) is 5.82 Å². The van der Waals surface area contributed by atoms with Crippen LogP contribution in [0.15, 0.2) is 18.2 Å². The number of rotatable bonds is 5. The standard InChI is InChI=1S/C16H21FN2O5.ClH/c17-13-7-11(19-8-12(9-20)24-15(19)21)1-2-14(13)23-10-16(22)3-5-18-6-4-16;/h1-2,7,12,18,20,22H,3-6,8-10H2;1H/t12-;/m1./s1. The second-order valence-corrected chi connectivity index (χ2v) is 6.18. The van der Waals surface area contributed by atoms with Gasteiger partial charge in [-0.1, -0.05) is 0 Å². The Labute approximate surface area is 151 Å². The van der Waals surface area contributed by atoms with Gasteiger partial charge in [0.15, 0.2) is 11.6 Å². The molecule has 1 amide bonds. The number of halogens is 2. The van der Waals surface area contributed by atoms with Gasteiger partial charge in [0.25, 0.3) is 0 Å². The Morgan fingerprint density at radius 2 is 2.12 bits per heavy atom. The number of carbonyl (C=O) groups excluding carboxylic acids is 1. The lowest BCUT2D eigenvalue weighted by Crippen LogP contribution is -2.46. The number of hydrogen-bond donors (Lipinski definition) is 3. The minimum atomic E-state index is -0.955. The Morgan fingerprint density at radius 3 is 2.72 bits per heavy atom. The Bertz CT molecular complexity index is 612. The molecule has 2 heterocycles. The number of piperidine rings is 1. The molecule has 0 aliphatic carbocycles. The van der Waals surface area contributed by atoms with Crippen molar-refractivity contribution in [3.05, 3.63) is 24.0 Å². The molecule has 1 aromatic carbocycles. The zero-order chi connectivity index (χ0) is 17.2. The summed E-state index contributed by atoms with van der Waals surface area (Å²) in [6.07, 6.45) is -0.124. The van der Waals surface area contributed by atoms with Crippen molar-refractivity contribution < 1.29 is 28.9 Å². The fourth-order valence-corrected chi connectivity index (χ4v) is 2.85. The van der Waals surface area contributed by atoms with Crippen molar-refractivity contribution in [1.29, 1.82) is 0 Å². The average molecular weight is 377 g/mol. The lowest BCUT2D eigenvalue weighted by Gasteiger charge is -2.32. The van der Waals surface area contributed by atoms with Crippen molar-refractivity contribution in [3.8, 4) is 5.75 Å². The molecule has 0 saturated carbocycles. The number of nitrogens with zero attached hydrogens (tertiary/aromatic N) is 1. The molecule has 3 rings (SSSR count). The molecule has 0 unspecified atom stereocenters. The highest BCUT2D eigenvalue weighted by Crippen LogP contribution is 2.28. The summed E-state index contributed by atoms with van der Waals surface area (Å²) >= 11 is 0. The Balaban J connectivity index is 0.00000225. The molecule has 0 spiro atoms. The number of ether oxygens (including phenoxy) is 2. The Hall–Kier alpha value is -1.61. The molecule has 1 aromatic rings. The Morgan fingerprint density at radius 1 is 1.40 bits per heavy atom. The van der Waals surface area contributed by atoms with Crippen LogP contribution in [0.4, 0.5) is 14.9 Å². The van der Waals surface area contributed by atoms with E-state index in [1.807, 2.05) is 0 Å². The first-order chi connectivity index (χ1) is 11.5. The highest BCUT2D eigenvalue weighted by molar-refractivity contribution is 5.89. The van der Waals surface area contributed by atoms with E-state index in [2.05, 4.69) is 5.32 Å². The summed E-state index contributed by atoms with van der Waals surface area (Å²) in [5, 5.41) is 22.5. The lowest BCUT2D eigenvalue weighted by molar-refractivity contribution is -0.0294. The monoisotopic (exact) mass is 376 g/mol. The summed E-state index contributed by atoms with van der Waals surface area (Å²) in [4.78, 5) is 13.0. The summed E-state index contributed by atoms with van der Waals surface area (Å²) in [5.41, 5.74) is -0.620. The van der Waals surface area contributed by atoms with Gasteiger partial charge in [-0.3, -0.25) is 4.90 Å². The number of amides is 1. The number of nitrogens with one attached hydrogen (secondary N) is 1. The van der Waals surface area contributed by atoms with Crippen molar-refractivity contribution in [2.75, 3.05) is 37.7 Å². The molecule has 2 aliphatic heterocycles. The zero-order valence-electron chi connectivity index (χ0n) is 13.6. The van der Waals surface area contributed by atoms with Crippen LogP contribution < -0.4 is 15.0 Å². The van der Waals surface area contributed by atoms with Crippen LogP contribution in [0.2, 0.25) is 0 Å². The molecule has 3 N–H and O–H groups in total. The molecule has 0 radical (unpaired) electrons. The lowest BCUT2D eigenvalue weighted by atomic mass is 9.93. The van der Waals surface area contributed by atoms with Crippen LogP contribution >= 0.6 is 12.4 Å². The van der Waals surface area contributed by atoms with Gasteiger partial charge < -0.3 is 25.0 Å². The number of benzene rings is 1. The summed E-state index contributed by atoms with van der Waals surface area (Å²) < 4.78 is 24.6. The number of carbonyl (C=O) groups is 1. The van der Waals surface area contributed by atoms with Gasteiger partial charge in [0.05, 0.1) is 18.8 Å². The summed E-state index contributed by atoms with van der Waals surface area (Å²) in [6, 6.07) is 4.16. The van der Waals surface area contributed by atoms with E-state index in [4.69, 9.17) is 14.6 Å². The predicted molar refractivity (Wildman–Crippen MR) is 90.9 cm³/mol. The van der Waals surface area contributed by atoms with Crippen LogP contribution in [0.25, 0.3) is 0 Å². The van der Waals surface area contributed by atoms with Gasteiger partial charge in [-0.2, -0.15) is 0 Å². The van der Waals surface area contributed by atoms with E-state index < -0.39 is 23.6 Å². The van der Waals surface area contributed by atoms with Gasteiger partial charge >= 0.3 is 6.09 Å². The third-order valence-electron chi connectivity index (χ3n) is 4.34. The maximum absolute atomic E-state index is 14.2. The summed E-state index contributed by atoms with van der Waals surface area (Å²) in [7, 11) is 0. The van der Waals surface area contributed by atoms with Gasteiger partial charge in [0, 0.05) is 6.07 Å². The van der Waals surface area contributed by atoms with E-state index in [1.54, 1.807) is 6.07 Å². The molecule has 2 aliphatic rings. The van der Waals surface area contributed by atoms with Gasteiger partial charge in [-0.05, 0) is 38.1 Å². The number of aliphatic hydroxyl groups excluding tert-OH is 1. The molecule has 7 nitrogen and oxygen atoms in total. The molecule has 9 heteroatoms. The molecule has 2 saturated heterocycles. The topological polar surface area (TPSA) is 91.3 Å². The van der Waals surface area contributed by atoms with Crippen LogP contribution in [-0.2, 0) is 4.74 Å². The fourth-order valence-electron chi connectivity index (χ4n) is 2.85. The van der Waals surface area contributed by atoms with Crippen LogP contribution in [0.1, 0.15) is 12.8 Å². The summed E-state index contributed by atoms with van der Waals surface area (Å²) in [5.74, 6) is -0.595. The van der Waals surface area contributed by atoms with E-state index in [9.17, 15) is 14.3 Å². The fraction of sp³-hybridized carbons (Fsp3) is 0.562. The first-order valence-corrected chi connectivity index (χ1v) is 7.95. The second-order valence-electron chi connectivity index (χ2n) is 6.18. The van der Waals surface area contributed by atoms with E-state index in [1.165, 1.54) is 17.0 Å². The SMILES string of the molecule is Cl.O=C1O[C@@H](CO)CN1c1ccc(OCC2(O)CCNCC2)c(F)c1. The maximum atomic E-state index is 14.2. The van der Waals surface area contributed by atoms with E-state index >= 15 is 0 Å².